The molecule has 0 saturated carbocycles. The lowest BCUT2D eigenvalue weighted by molar-refractivity contribution is 0.0859. The molecule has 1 aliphatic heterocycles. The second-order valence-electron chi connectivity index (χ2n) is 6.91. The molecule has 1 saturated heterocycles. The van der Waals surface area contributed by atoms with E-state index in [1.165, 1.54) is 24.0 Å². The molecule has 6 heteroatoms. The van der Waals surface area contributed by atoms with Crippen LogP contribution in [0.4, 0.5) is 5.69 Å². The van der Waals surface area contributed by atoms with Gasteiger partial charge >= 0.3 is 0 Å². The van der Waals surface area contributed by atoms with E-state index >= 15 is 0 Å². The third kappa shape index (κ3) is 3.39. The summed E-state index contributed by atoms with van der Waals surface area (Å²) in [6, 6.07) is 8.49. The lowest BCUT2D eigenvalue weighted by atomic mass is 9.99. The van der Waals surface area contributed by atoms with Crippen molar-refractivity contribution in [3.63, 3.8) is 0 Å². The van der Waals surface area contributed by atoms with E-state index in [1.54, 1.807) is 6.20 Å². The van der Waals surface area contributed by atoms with E-state index in [2.05, 4.69) is 33.6 Å². The van der Waals surface area contributed by atoms with Gasteiger partial charge in [-0.3, -0.25) is 9.67 Å². The largest absolute Gasteiger partial charge is 0.372 e. The number of fused-ring (bicyclic) bond motifs is 1. The van der Waals surface area contributed by atoms with E-state index in [9.17, 15) is 0 Å². The maximum Gasteiger partial charge on any atom is 0.193 e. The lowest BCUT2D eigenvalue weighted by Gasteiger charge is -2.17. The molecule has 0 spiro atoms. The monoisotopic (exact) mass is 339 g/mol. The van der Waals surface area contributed by atoms with Gasteiger partial charge in [-0.15, -0.1) is 0 Å². The highest BCUT2D eigenvalue weighted by molar-refractivity contribution is 5.92. The molecule has 4 rings (SSSR count). The number of nitrogens with two attached hydrogens (primary N) is 1. The average molecular weight is 339 g/mol. The Labute approximate surface area is 148 Å². The van der Waals surface area contributed by atoms with Crippen molar-refractivity contribution in [3.8, 4) is 0 Å². The molecular weight excluding hydrogens is 314 g/mol. The molecule has 0 bridgehead atoms. The summed E-state index contributed by atoms with van der Waals surface area (Å²) in [5.41, 5.74) is 11.1. The van der Waals surface area contributed by atoms with Gasteiger partial charge in [0.15, 0.2) is 5.96 Å². The molecule has 6 nitrogen and oxygen atoms in total. The smallest absolute Gasteiger partial charge is 0.193 e. The fraction of sp³-hybridized carbons (Fsp3) is 0.474. The number of aliphatic imine (C=N–C) groups is 1. The maximum atomic E-state index is 6.10. The van der Waals surface area contributed by atoms with Crippen molar-refractivity contribution in [1.29, 1.82) is 0 Å². The summed E-state index contributed by atoms with van der Waals surface area (Å²) >= 11 is 0. The maximum absolute atomic E-state index is 6.10. The number of anilines is 1. The number of hydrogen-bond acceptors (Lipinski definition) is 3. The van der Waals surface area contributed by atoms with Crippen molar-refractivity contribution in [2.75, 3.05) is 18.5 Å². The third-order valence-electron chi connectivity index (χ3n) is 5.23. The van der Waals surface area contributed by atoms with E-state index in [0.717, 1.165) is 30.8 Å². The van der Waals surface area contributed by atoms with Crippen molar-refractivity contribution < 1.29 is 4.74 Å². The Bertz CT molecular complexity index is 782. The molecule has 25 heavy (non-hydrogen) atoms. The molecule has 132 valence electrons. The number of benzene rings is 1. The molecule has 1 aromatic heterocycles. The van der Waals surface area contributed by atoms with E-state index in [1.807, 2.05) is 17.8 Å². The number of guanidine groups is 1. The number of aryl methyl sites for hydroxylation is 3. The number of rotatable bonds is 4. The van der Waals surface area contributed by atoms with E-state index < -0.39 is 0 Å². The molecule has 2 aliphatic rings. The summed E-state index contributed by atoms with van der Waals surface area (Å²) in [5.74, 6) is 0.796. The minimum Gasteiger partial charge on any atom is -0.372 e. The zero-order valence-corrected chi connectivity index (χ0v) is 14.6. The summed E-state index contributed by atoms with van der Waals surface area (Å²) in [4.78, 5) is 4.56. The Morgan fingerprint density at radius 3 is 3.08 bits per heavy atom. The zero-order valence-electron chi connectivity index (χ0n) is 14.6. The van der Waals surface area contributed by atoms with Crippen LogP contribution in [0.3, 0.4) is 0 Å². The van der Waals surface area contributed by atoms with Crippen LogP contribution in [-0.2, 0) is 24.6 Å². The van der Waals surface area contributed by atoms with E-state index in [0.29, 0.717) is 18.4 Å². The molecule has 1 fully saturated rings. The Kier molecular flexibility index (Phi) is 4.44. The van der Waals surface area contributed by atoms with Crippen LogP contribution in [0.5, 0.6) is 0 Å². The average Bonchev–Trinajstić information content (AvgIpc) is 3.32. The molecule has 3 N–H and O–H groups in total. The van der Waals surface area contributed by atoms with Crippen LogP contribution >= 0.6 is 0 Å². The van der Waals surface area contributed by atoms with E-state index in [4.69, 9.17) is 10.5 Å². The van der Waals surface area contributed by atoms with Gasteiger partial charge in [0.05, 0.1) is 5.69 Å². The van der Waals surface area contributed by atoms with Gasteiger partial charge in [0.2, 0.25) is 0 Å². The van der Waals surface area contributed by atoms with Crippen molar-refractivity contribution in [1.82, 2.24) is 9.78 Å². The topological polar surface area (TPSA) is 77.5 Å². The molecule has 1 aromatic carbocycles. The molecule has 2 heterocycles. The molecule has 0 unspecified atom stereocenters. The van der Waals surface area contributed by atoms with E-state index in [-0.39, 0.29) is 6.10 Å². The molecule has 0 amide bonds. The molecule has 2 atom stereocenters. The number of aromatic nitrogens is 2. The Morgan fingerprint density at radius 2 is 2.24 bits per heavy atom. The first-order valence-electron chi connectivity index (χ1n) is 8.99. The Balaban J connectivity index is 1.40. The minimum atomic E-state index is 0.0454. The number of nitrogens with zero attached hydrogens (tertiary/aromatic N) is 3. The van der Waals surface area contributed by atoms with Gasteiger partial charge in [0.25, 0.3) is 0 Å². The van der Waals surface area contributed by atoms with Gasteiger partial charge in [-0.2, -0.15) is 5.10 Å². The van der Waals surface area contributed by atoms with Crippen LogP contribution in [0, 0.1) is 5.92 Å². The first-order valence-corrected chi connectivity index (χ1v) is 8.99. The fourth-order valence-corrected chi connectivity index (χ4v) is 3.86. The Hall–Kier alpha value is -2.34. The quantitative estimate of drug-likeness (QED) is 0.662. The third-order valence-corrected chi connectivity index (χ3v) is 5.23. The predicted molar refractivity (Wildman–Crippen MR) is 98.6 cm³/mol. The van der Waals surface area contributed by atoms with Crippen LogP contribution in [0.25, 0.3) is 0 Å². The number of nitrogens with one attached hydrogen (secondary N) is 1. The van der Waals surface area contributed by atoms with Gasteiger partial charge in [-0.1, -0.05) is 6.07 Å². The van der Waals surface area contributed by atoms with Crippen LogP contribution < -0.4 is 11.1 Å². The first kappa shape index (κ1) is 16.1. The molecular formula is C19H25N5O. The van der Waals surface area contributed by atoms with Gasteiger partial charge in [0.1, 0.15) is 6.10 Å². The van der Waals surface area contributed by atoms with Crippen LogP contribution in [0.1, 0.15) is 35.8 Å². The first-order chi connectivity index (χ1) is 12.2. The summed E-state index contributed by atoms with van der Waals surface area (Å²) in [6.45, 7) is 1.41. The highest BCUT2D eigenvalue weighted by Gasteiger charge is 2.31. The zero-order chi connectivity index (χ0) is 17.2. The lowest BCUT2D eigenvalue weighted by Crippen LogP contribution is -2.24. The highest BCUT2D eigenvalue weighted by atomic mass is 16.5. The Morgan fingerprint density at radius 1 is 1.36 bits per heavy atom. The highest BCUT2D eigenvalue weighted by Crippen LogP contribution is 2.34. The molecule has 2 aromatic rings. The standard InChI is InChI=1S/C19H25N5O/c1-24-17(7-9-22-24)18-15(8-10-25-18)12-21-19(20)23-16-6-5-13-3-2-4-14(13)11-16/h5-7,9,11,15,18H,2-4,8,10,12H2,1H3,(H3,20,21,23)/t15-,18+/m0/s1. The van der Waals surface area contributed by atoms with Gasteiger partial charge in [0, 0.05) is 38.0 Å². The van der Waals surface area contributed by atoms with Crippen LogP contribution in [-0.4, -0.2) is 28.9 Å². The number of ether oxygens (including phenoxy) is 1. The van der Waals surface area contributed by atoms with Crippen LogP contribution in [0.15, 0.2) is 35.5 Å². The molecule has 0 radical (unpaired) electrons. The second-order valence-corrected chi connectivity index (χ2v) is 6.91. The van der Waals surface area contributed by atoms with Crippen LogP contribution in [0.2, 0.25) is 0 Å². The molecule has 1 aliphatic carbocycles. The van der Waals surface area contributed by atoms with Crippen molar-refractivity contribution in [2.24, 2.45) is 23.7 Å². The number of hydrogen-bond donors (Lipinski definition) is 2. The summed E-state index contributed by atoms with van der Waals surface area (Å²) in [6.07, 6.45) is 6.44. The fourth-order valence-electron chi connectivity index (χ4n) is 3.86. The summed E-state index contributed by atoms with van der Waals surface area (Å²) in [5, 5.41) is 7.46. The van der Waals surface area contributed by atoms with Crippen molar-refractivity contribution in [2.45, 2.75) is 31.8 Å². The minimum absolute atomic E-state index is 0.0454. The summed E-state index contributed by atoms with van der Waals surface area (Å²) < 4.78 is 7.77. The van der Waals surface area contributed by atoms with Gasteiger partial charge in [-0.05, 0) is 55.0 Å². The van der Waals surface area contributed by atoms with Crippen molar-refractivity contribution >= 4 is 11.6 Å². The SMILES string of the molecule is Cn1nccc1[C@@H]1OCC[C@H]1CN=C(N)Nc1ccc2c(c1)CCC2. The van der Waals surface area contributed by atoms with Gasteiger partial charge < -0.3 is 15.8 Å². The normalized spacial score (nSPS) is 23.0. The van der Waals surface area contributed by atoms with Gasteiger partial charge in [-0.25, -0.2) is 0 Å². The van der Waals surface area contributed by atoms with Crippen molar-refractivity contribution in [3.05, 3.63) is 47.3 Å². The summed E-state index contributed by atoms with van der Waals surface area (Å²) in [7, 11) is 1.95. The predicted octanol–water partition coefficient (Wildman–Crippen LogP) is 2.41. The second kappa shape index (κ2) is 6.88.